The van der Waals surface area contributed by atoms with Gasteiger partial charge in [0.1, 0.15) is 0 Å². The lowest BCUT2D eigenvalue weighted by atomic mass is 9.85. The molecule has 2 aromatic rings. The highest BCUT2D eigenvalue weighted by atomic mass is 16.5. The average Bonchev–Trinajstić information content (AvgIpc) is 3.02. The molecule has 0 saturated carbocycles. The number of amides is 2. The number of hydrogen-bond acceptors (Lipinski definition) is 5. The Bertz CT molecular complexity index is 985. The number of anilines is 1. The number of ether oxygens (including phenoxy) is 1. The first kappa shape index (κ1) is 18.8. The highest BCUT2D eigenvalue weighted by Crippen LogP contribution is 2.38. The maximum Gasteiger partial charge on any atom is 0.340 e. The van der Waals surface area contributed by atoms with Crippen molar-refractivity contribution in [2.24, 2.45) is 11.8 Å². The van der Waals surface area contributed by atoms with Crippen LogP contribution in [0.5, 0.6) is 0 Å². The summed E-state index contributed by atoms with van der Waals surface area (Å²) in [5.74, 6) is -2.47. The standard InChI is InChI=1S/C23H19NO5/c25-20(15-8-2-1-3-9-15)14-29-23(28)18-12-6-7-13-19(18)24-21(26)16-10-4-5-11-17(16)22(24)27/h1-9,12-13,16-17H,10-11,14H2/t16-,17+. The Kier molecular flexibility index (Phi) is 5.08. The Morgan fingerprint density at radius 1 is 0.862 bits per heavy atom. The Labute approximate surface area is 167 Å². The topological polar surface area (TPSA) is 80.8 Å². The summed E-state index contributed by atoms with van der Waals surface area (Å²) in [5, 5.41) is 0. The molecule has 0 radical (unpaired) electrons. The fraction of sp³-hybridized carbons (Fsp3) is 0.217. The highest BCUT2D eigenvalue weighted by molar-refractivity contribution is 6.24. The van der Waals surface area contributed by atoms with Crippen LogP contribution in [0.2, 0.25) is 0 Å². The van der Waals surface area contributed by atoms with Crippen LogP contribution in [0.1, 0.15) is 33.6 Å². The first-order valence-electron chi connectivity index (χ1n) is 9.45. The maximum atomic E-state index is 12.8. The fourth-order valence-corrected chi connectivity index (χ4v) is 3.80. The number of rotatable bonds is 5. The molecule has 29 heavy (non-hydrogen) atoms. The summed E-state index contributed by atoms with van der Waals surface area (Å²) in [6.45, 7) is -0.422. The maximum absolute atomic E-state index is 12.8. The summed E-state index contributed by atoms with van der Waals surface area (Å²) in [6, 6.07) is 14.8. The van der Waals surface area contributed by atoms with Gasteiger partial charge in [-0.15, -0.1) is 0 Å². The van der Waals surface area contributed by atoms with Crippen LogP contribution in [-0.2, 0) is 14.3 Å². The van der Waals surface area contributed by atoms with E-state index in [0.29, 0.717) is 18.4 Å². The van der Waals surface area contributed by atoms with Gasteiger partial charge < -0.3 is 4.74 Å². The predicted octanol–water partition coefficient (Wildman–Crippen LogP) is 3.18. The minimum atomic E-state index is -0.751. The summed E-state index contributed by atoms with van der Waals surface area (Å²) in [5.41, 5.74) is 0.728. The summed E-state index contributed by atoms with van der Waals surface area (Å²) in [4.78, 5) is 51.6. The molecular weight excluding hydrogens is 370 g/mol. The van der Waals surface area contributed by atoms with E-state index >= 15 is 0 Å². The van der Waals surface area contributed by atoms with E-state index in [1.165, 1.54) is 6.07 Å². The molecule has 6 heteroatoms. The van der Waals surface area contributed by atoms with Crippen LogP contribution in [0.3, 0.4) is 0 Å². The number of Topliss-reactive ketones (excluding diaryl/α,β-unsaturated/α-hetero) is 1. The predicted molar refractivity (Wildman–Crippen MR) is 105 cm³/mol. The van der Waals surface area contributed by atoms with Crippen molar-refractivity contribution in [3.8, 4) is 0 Å². The van der Waals surface area contributed by atoms with E-state index in [0.717, 1.165) is 4.90 Å². The molecule has 6 nitrogen and oxygen atoms in total. The Balaban J connectivity index is 1.54. The van der Waals surface area contributed by atoms with Crippen molar-refractivity contribution in [2.75, 3.05) is 11.5 Å². The zero-order chi connectivity index (χ0) is 20.4. The van der Waals surface area contributed by atoms with Crippen molar-refractivity contribution in [2.45, 2.75) is 12.8 Å². The molecular formula is C23H19NO5. The number of ketones is 1. The first-order valence-corrected chi connectivity index (χ1v) is 9.45. The van der Waals surface area contributed by atoms with Gasteiger partial charge in [0.05, 0.1) is 23.1 Å². The Morgan fingerprint density at radius 3 is 2.10 bits per heavy atom. The van der Waals surface area contributed by atoms with Crippen molar-refractivity contribution < 1.29 is 23.9 Å². The number of hydrogen-bond donors (Lipinski definition) is 0. The number of carbonyl (C=O) groups excluding carboxylic acids is 4. The van der Waals surface area contributed by atoms with Crippen molar-refractivity contribution >= 4 is 29.3 Å². The van der Waals surface area contributed by atoms with Crippen LogP contribution in [0.4, 0.5) is 5.69 Å². The van der Waals surface area contributed by atoms with E-state index in [9.17, 15) is 19.2 Å². The molecule has 1 saturated heterocycles. The van der Waals surface area contributed by atoms with Gasteiger partial charge in [-0.2, -0.15) is 0 Å². The molecule has 1 heterocycles. The number of nitrogens with zero attached hydrogens (tertiary/aromatic N) is 1. The molecule has 0 spiro atoms. The van der Waals surface area contributed by atoms with Crippen LogP contribution in [0, 0.1) is 11.8 Å². The second kappa shape index (κ2) is 7.83. The number of allylic oxidation sites excluding steroid dienone is 2. The lowest BCUT2D eigenvalue weighted by molar-refractivity contribution is -0.122. The van der Waals surface area contributed by atoms with Crippen LogP contribution < -0.4 is 4.90 Å². The quantitative estimate of drug-likeness (QED) is 0.340. The number of fused-ring (bicyclic) bond motifs is 1. The van der Waals surface area contributed by atoms with Crippen LogP contribution in [0.25, 0.3) is 0 Å². The van der Waals surface area contributed by atoms with E-state index in [4.69, 9.17) is 4.74 Å². The van der Waals surface area contributed by atoms with Crippen LogP contribution in [0.15, 0.2) is 66.7 Å². The van der Waals surface area contributed by atoms with Gasteiger partial charge in [-0.3, -0.25) is 14.4 Å². The summed E-state index contributed by atoms with van der Waals surface area (Å²) < 4.78 is 5.18. The number of esters is 1. The largest absolute Gasteiger partial charge is 0.454 e. The SMILES string of the molecule is O=C(COC(=O)c1ccccc1N1C(=O)[C@H]2CC=CC[C@H]2C1=O)c1ccccc1. The molecule has 2 atom stereocenters. The minimum Gasteiger partial charge on any atom is -0.454 e. The summed E-state index contributed by atoms with van der Waals surface area (Å²) >= 11 is 0. The van der Waals surface area contributed by atoms with E-state index in [-0.39, 0.29) is 28.8 Å². The van der Waals surface area contributed by atoms with E-state index < -0.39 is 24.4 Å². The third-order valence-corrected chi connectivity index (χ3v) is 5.30. The normalized spacial score (nSPS) is 20.5. The molecule has 0 bridgehead atoms. The lowest BCUT2D eigenvalue weighted by Crippen LogP contribution is -2.32. The Morgan fingerprint density at radius 2 is 1.45 bits per heavy atom. The number of benzene rings is 2. The number of para-hydroxylation sites is 1. The van der Waals surface area contributed by atoms with Gasteiger partial charge in [0.25, 0.3) is 0 Å². The summed E-state index contributed by atoms with van der Waals surface area (Å²) in [6.07, 6.45) is 4.85. The molecule has 2 aromatic carbocycles. The van der Waals surface area contributed by atoms with Crippen molar-refractivity contribution in [1.29, 1.82) is 0 Å². The van der Waals surface area contributed by atoms with E-state index in [2.05, 4.69) is 0 Å². The Hall–Kier alpha value is -3.54. The fourth-order valence-electron chi connectivity index (χ4n) is 3.80. The minimum absolute atomic E-state index is 0.0849. The zero-order valence-electron chi connectivity index (χ0n) is 15.6. The average molecular weight is 389 g/mol. The first-order chi connectivity index (χ1) is 14.1. The van der Waals surface area contributed by atoms with Gasteiger partial charge in [-0.1, -0.05) is 54.6 Å². The molecule has 146 valence electrons. The summed E-state index contributed by atoms with van der Waals surface area (Å²) in [7, 11) is 0. The molecule has 0 N–H and O–H groups in total. The molecule has 0 aromatic heterocycles. The monoisotopic (exact) mass is 389 g/mol. The zero-order valence-corrected chi connectivity index (χ0v) is 15.6. The second-order valence-electron chi connectivity index (χ2n) is 7.05. The third-order valence-electron chi connectivity index (χ3n) is 5.30. The second-order valence-corrected chi connectivity index (χ2v) is 7.05. The van der Waals surface area contributed by atoms with Crippen LogP contribution in [-0.4, -0.2) is 30.2 Å². The van der Waals surface area contributed by atoms with Gasteiger partial charge in [0, 0.05) is 5.56 Å². The van der Waals surface area contributed by atoms with Crippen molar-refractivity contribution in [3.05, 3.63) is 77.9 Å². The highest BCUT2D eigenvalue weighted by Gasteiger charge is 2.48. The van der Waals surface area contributed by atoms with Gasteiger partial charge in [0.2, 0.25) is 11.8 Å². The number of imide groups is 1. The van der Waals surface area contributed by atoms with Crippen molar-refractivity contribution in [1.82, 2.24) is 0 Å². The third kappa shape index (κ3) is 3.49. The van der Waals surface area contributed by atoms with E-state index in [1.54, 1.807) is 48.5 Å². The van der Waals surface area contributed by atoms with Gasteiger partial charge in [-0.05, 0) is 25.0 Å². The lowest BCUT2D eigenvalue weighted by Gasteiger charge is -2.18. The molecule has 4 rings (SSSR count). The van der Waals surface area contributed by atoms with Crippen LogP contribution >= 0.6 is 0 Å². The molecule has 1 aliphatic heterocycles. The van der Waals surface area contributed by atoms with Crippen molar-refractivity contribution in [3.63, 3.8) is 0 Å². The molecule has 1 fully saturated rings. The molecule has 2 amide bonds. The molecule has 0 unspecified atom stereocenters. The van der Waals surface area contributed by atoms with Gasteiger partial charge in [0.15, 0.2) is 12.4 Å². The smallest absolute Gasteiger partial charge is 0.340 e. The van der Waals surface area contributed by atoms with Gasteiger partial charge in [-0.25, -0.2) is 9.69 Å². The molecule has 2 aliphatic rings. The molecule has 1 aliphatic carbocycles. The van der Waals surface area contributed by atoms with E-state index in [1.807, 2.05) is 12.2 Å². The van der Waals surface area contributed by atoms with Gasteiger partial charge >= 0.3 is 5.97 Å². The number of carbonyl (C=O) groups is 4.